The molecule has 0 aliphatic heterocycles. The molecule has 0 amide bonds. The van der Waals surface area contributed by atoms with Gasteiger partial charge in [-0.25, -0.2) is 0 Å². The van der Waals surface area contributed by atoms with Gasteiger partial charge < -0.3 is 0 Å². The largest absolute Gasteiger partial charge is 0.289 e. The van der Waals surface area contributed by atoms with Crippen LogP contribution in [-0.2, 0) is 0 Å². The second-order valence-electron chi connectivity index (χ2n) is 4.70. The Kier molecular flexibility index (Phi) is 3.25. The minimum absolute atomic E-state index is 0.0164. The van der Waals surface area contributed by atoms with Crippen LogP contribution in [0, 0.1) is 6.92 Å². The molecule has 3 rings (SSSR count). The van der Waals surface area contributed by atoms with Gasteiger partial charge in [-0.3, -0.25) is 9.78 Å². The Morgan fingerprint density at radius 3 is 2.60 bits per heavy atom. The predicted octanol–water partition coefficient (Wildman–Crippen LogP) is 4.43. The Morgan fingerprint density at radius 2 is 1.80 bits per heavy atom. The number of hydrogen-bond donors (Lipinski definition) is 0. The van der Waals surface area contributed by atoms with Gasteiger partial charge in [0.2, 0.25) is 0 Å². The summed E-state index contributed by atoms with van der Waals surface area (Å²) in [4.78, 5) is 16.8. The molecule has 0 aliphatic carbocycles. The van der Waals surface area contributed by atoms with Crippen LogP contribution in [0.15, 0.2) is 54.7 Å². The Bertz CT molecular complexity index is 811. The number of ketones is 1. The molecule has 0 N–H and O–H groups in total. The van der Waals surface area contributed by atoms with Gasteiger partial charge in [-0.1, -0.05) is 29.8 Å². The summed E-state index contributed by atoms with van der Waals surface area (Å²) in [5.74, 6) is -0.0164. The maximum Gasteiger partial charge on any atom is 0.193 e. The lowest BCUT2D eigenvalue weighted by Crippen LogP contribution is -2.01. The second-order valence-corrected chi connectivity index (χ2v) is 5.11. The van der Waals surface area contributed by atoms with Crippen molar-refractivity contribution in [1.82, 2.24) is 4.98 Å². The van der Waals surface area contributed by atoms with E-state index < -0.39 is 0 Å². The minimum atomic E-state index is -0.0164. The van der Waals surface area contributed by atoms with E-state index in [-0.39, 0.29) is 5.78 Å². The van der Waals surface area contributed by atoms with Gasteiger partial charge in [-0.05, 0) is 42.8 Å². The van der Waals surface area contributed by atoms with Crippen molar-refractivity contribution in [2.24, 2.45) is 0 Å². The highest BCUT2D eigenvalue weighted by atomic mass is 35.5. The zero-order chi connectivity index (χ0) is 14.1. The van der Waals surface area contributed by atoms with Gasteiger partial charge in [0.05, 0.1) is 5.52 Å². The van der Waals surface area contributed by atoms with Crippen LogP contribution in [0.3, 0.4) is 0 Å². The molecule has 0 saturated heterocycles. The summed E-state index contributed by atoms with van der Waals surface area (Å²) < 4.78 is 0. The van der Waals surface area contributed by atoms with Crippen molar-refractivity contribution in [3.8, 4) is 0 Å². The Balaban J connectivity index is 2.05. The molecule has 3 heteroatoms. The van der Waals surface area contributed by atoms with Crippen molar-refractivity contribution >= 4 is 28.3 Å². The number of aromatic nitrogens is 1. The van der Waals surface area contributed by atoms with E-state index in [1.807, 2.05) is 43.3 Å². The number of benzene rings is 2. The van der Waals surface area contributed by atoms with E-state index >= 15 is 0 Å². The molecular weight excluding hydrogens is 270 g/mol. The van der Waals surface area contributed by atoms with Crippen molar-refractivity contribution in [2.75, 3.05) is 0 Å². The first-order valence-electron chi connectivity index (χ1n) is 6.31. The van der Waals surface area contributed by atoms with Crippen molar-refractivity contribution in [3.05, 3.63) is 76.4 Å². The lowest BCUT2D eigenvalue weighted by Gasteiger charge is -2.05. The number of rotatable bonds is 2. The summed E-state index contributed by atoms with van der Waals surface area (Å²) in [5.41, 5.74) is 3.00. The first kappa shape index (κ1) is 12.8. The molecule has 0 atom stereocenters. The summed E-state index contributed by atoms with van der Waals surface area (Å²) in [7, 11) is 0. The van der Waals surface area contributed by atoms with Gasteiger partial charge in [-0.15, -0.1) is 0 Å². The highest BCUT2D eigenvalue weighted by Gasteiger charge is 2.11. The number of carbonyl (C=O) groups excluding carboxylic acids is 1. The monoisotopic (exact) mass is 281 g/mol. The van der Waals surface area contributed by atoms with E-state index in [0.717, 1.165) is 16.5 Å². The van der Waals surface area contributed by atoms with Crippen molar-refractivity contribution < 1.29 is 4.79 Å². The lowest BCUT2D eigenvalue weighted by atomic mass is 10.0. The van der Waals surface area contributed by atoms with Gasteiger partial charge in [0.1, 0.15) is 0 Å². The molecule has 2 nitrogen and oxygen atoms in total. The number of halogens is 1. The summed E-state index contributed by atoms with van der Waals surface area (Å²) in [6, 6.07) is 14.7. The molecule has 0 aliphatic rings. The zero-order valence-electron chi connectivity index (χ0n) is 10.9. The first-order chi connectivity index (χ1) is 9.65. The SMILES string of the molecule is Cc1cc(C(=O)c2ccc3cccnc3c2)ccc1Cl. The molecule has 0 unspecified atom stereocenters. The third kappa shape index (κ3) is 2.30. The predicted molar refractivity (Wildman–Crippen MR) is 81.4 cm³/mol. The van der Waals surface area contributed by atoms with Crippen LogP contribution < -0.4 is 0 Å². The number of fused-ring (bicyclic) bond motifs is 1. The minimum Gasteiger partial charge on any atom is -0.289 e. The lowest BCUT2D eigenvalue weighted by molar-refractivity contribution is 0.103. The molecule has 1 aromatic heterocycles. The van der Waals surface area contributed by atoms with Crippen LogP contribution in [0.4, 0.5) is 0 Å². The van der Waals surface area contributed by atoms with Crippen LogP contribution in [0.1, 0.15) is 21.5 Å². The maximum absolute atomic E-state index is 12.5. The number of aryl methyl sites for hydroxylation is 1. The molecule has 2 aromatic carbocycles. The topological polar surface area (TPSA) is 30.0 Å². The molecule has 0 spiro atoms. The van der Waals surface area contributed by atoms with Gasteiger partial charge in [0.15, 0.2) is 5.78 Å². The summed E-state index contributed by atoms with van der Waals surface area (Å²) in [5, 5.41) is 1.69. The van der Waals surface area contributed by atoms with Crippen molar-refractivity contribution in [1.29, 1.82) is 0 Å². The number of pyridine rings is 1. The Hall–Kier alpha value is -2.19. The van der Waals surface area contributed by atoms with E-state index in [9.17, 15) is 4.79 Å². The van der Waals surface area contributed by atoms with Crippen LogP contribution >= 0.6 is 11.6 Å². The summed E-state index contributed by atoms with van der Waals surface area (Å²) >= 11 is 5.99. The molecular formula is C17H12ClNO. The highest BCUT2D eigenvalue weighted by Crippen LogP contribution is 2.20. The molecule has 20 heavy (non-hydrogen) atoms. The molecule has 0 radical (unpaired) electrons. The van der Waals surface area contributed by atoms with Gasteiger partial charge in [-0.2, -0.15) is 0 Å². The van der Waals surface area contributed by atoms with Crippen molar-refractivity contribution in [2.45, 2.75) is 6.92 Å². The van der Waals surface area contributed by atoms with Crippen LogP contribution in [0.25, 0.3) is 10.9 Å². The number of carbonyl (C=O) groups is 1. The fourth-order valence-corrected chi connectivity index (χ4v) is 2.28. The van der Waals surface area contributed by atoms with E-state index in [1.165, 1.54) is 0 Å². The van der Waals surface area contributed by atoms with Gasteiger partial charge in [0.25, 0.3) is 0 Å². The third-order valence-corrected chi connectivity index (χ3v) is 3.71. The Labute approximate surface area is 122 Å². The number of hydrogen-bond acceptors (Lipinski definition) is 2. The molecule has 0 saturated carbocycles. The third-order valence-electron chi connectivity index (χ3n) is 3.29. The fourth-order valence-electron chi connectivity index (χ4n) is 2.16. The normalized spacial score (nSPS) is 10.7. The average molecular weight is 282 g/mol. The maximum atomic E-state index is 12.5. The van der Waals surface area contributed by atoms with E-state index in [2.05, 4.69) is 4.98 Å². The summed E-state index contributed by atoms with van der Waals surface area (Å²) in [6.45, 7) is 1.89. The van der Waals surface area contributed by atoms with Crippen LogP contribution in [0.5, 0.6) is 0 Å². The Morgan fingerprint density at radius 1 is 1.05 bits per heavy atom. The second kappa shape index (κ2) is 5.06. The van der Waals surface area contributed by atoms with Crippen molar-refractivity contribution in [3.63, 3.8) is 0 Å². The quantitative estimate of drug-likeness (QED) is 0.651. The molecule has 0 bridgehead atoms. The molecule has 3 aromatic rings. The van der Waals surface area contributed by atoms with E-state index in [1.54, 1.807) is 18.3 Å². The highest BCUT2D eigenvalue weighted by molar-refractivity contribution is 6.31. The smallest absolute Gasteiger partial charge is 0.193 e. The van der Waals surface area contributed by atoms with E-state index in [4.69, 9.17) is 11.6 Å². The van der Waals surface area contributed by atoms with Gasteiger partial charge >= 0.3 is 0 Å². The van der Waals surface area contributed by atoms with Crippen LogP contribution in [0.2, 0.25) is 5.02 Å². The van der Waals surface area contributed by atoms with Gasteiger partial charge in [0, 0.05) is 27.7 Å². The van der Waals surface area contributed by atoms with Crippen LogP contribution in [-0.4, -0.2) is 10.8 Å². The molecule has 98 valence electrons. The van der Waals surface area contributed by atoms with E-state index in [0.29, 0.717) is 16.1 Å². The number of nitrogens with zero attached hydrogens (tertiary/aromatic N) is 1. The first-order valence-corrected chi connectivity index (χ1v) is 6.68. The summed E-state index contributed by atoms with van der Waals surface area (Å²) in [6.07, 6.45) is 1.73. The standard InChI is InChI=1S/C17H12ClNO/c1-11-9-13(6-7-15(11)18)17(20)14-5-4-12-3-2-8-19-16(12)10-14/h2-10H,1H3. The molecule has 0 fully saturated rings. The fraction of sp³-hybridized carbons (Fsp3) is 0.0588. The molecule has 1 heterocycles. The average Bonchev–Trinajstić information content (AvgIpc) is 2.49. The zero-order valence-corrected chi connectivity index (χ0v) is 11.7.